The van der Waals surface area contributed by atoms with E-state index in [4.69, 9.17) is 5.73 Å². The Morgan fingerprint density at radius 1 is 1.14 bits per heavy atom. The molecule has 1 nitrogen and oxygen atoms in total. The Labute approximate surface area is 82.9 Å². The zero-order chi connectivity index (χ0) is 10.9. The lowest BCUT2D eigenvalue weighted by atomic mass is 9.95. The normalized spacial score (nSPS) is 11.9. The largest absolute Gasteiger partial charge is 0.325 e. The molecule has 0 aliphatic carbocycles. The fourth-order valence-electron chi connectivity index (χ4n) is 1.86. The molecule has 78 valence electrons. The van der Waals surface area contributed by atoms with Crippen molar-refractivity contribution in [2.24, 2.45) is 5.73 Å². The molecule has 0 spiro atoms. The van der Waals surface area contributed by atoms with Crippen molar-refractivity contribution in [2.75, 3.05) is 6.54 Å². The van der Waals surface area contributed by atoms with Gasteiger partial charge in [0.1, 0.15) is 0 Å². The summed E-state index contributed by atoms with van der Waals surface area (Å²) in [5.41, 5.74) is 7.35. The van der Waals surface area contributed by atoms with Gasteiger partial charge in [0.15, 0.2) is 0 Å². The highest BCUT2D eigenvalue weighted by molar-refractivity contribution is 5.40. The van der Waals surface area contributed by atoms with Gasteiger partial charge < -0.3 is 5.73 Å². The number of hydrogen-bond donors (Lipinski definition) is 1. The molecule has 0 heterocycles. The Balaban J connectivity index is 3.35. The van der Waals surface area contributed by atoms with Crippen molar-refractivity contribution in [3.63, 3.8) is 0 Å². The highest BCUT2D eigenvalue weighted by Gasteiger charge is 2.32. The van der Waals surface area contributed by atoms with Gasteiger partial charge in [-0.25, -0.2) is 0 Å². The van der Waals surface area contributed by atoms with Crippen LogP contribution in [0.2, 0.25) is 0 Å². The lowest BCUT2D eigenvalue weighted by Crippen LogP contribution is -2.27. The van der Waals surface area contributed by atoms with E-state index in [0.717, 1.165) is 5.56 Å². The van der Waals surface area contributed by atoms with Gasteiger partial charge in [-0.05, 0) is 31.9 Å². The molecule has 0 bridgehead atoms. The standard InChI is InChI=1S/C11H15F2N/c1-7-4-8(2)10(9(3)5-7)11(12,13)6-14/h4-5H,6,14H2,1-3H3. The number of benzene rings is 1. The van der Waals surface area contributed by atoms with Gasteiger partial charge in [0.2, 0.25) is 0 Å². The second-order valence-corrected chi connectivity index (χ2v) is 3.68. The van der Waals surface area contributed by atoms with Gasteiger partial charge in [-0.1, -0.05) is 17.7 Å². The first-order valence-corrected chi connectivity index (χ1v) is 4.54. The molecule has 0 saturated heterocycles. The molecule has 1 aromatic rings. The molecule has 0 amide bonds. The van der Waals surface area contributed by atoms with Gasteiger partial charge in [-0.2, -0.15) is 8.78 Å². The summed E-state index contributed by atoms with van der Waals surface area (Å²) in [5.74, 6) is -2.91. The van der Waals surface area contributed by atoms with Crippen molar-refractivity contribution >= 4 is 0 Å². The Morgan fingerprint density at radius 2 is 1.57 bits per heavy atom. The maximum absolute atomic E-state index is 13.4. The van der Waals surface area contributed by atoms with Crippen LogP contribution >= 0.6 is 0 Å². The highest BCUT2D eigenvalue weighted by Crippen LogP contribution is 2.32. The van der Waals surface area contributed by atoms with Crippen LogP contribution in [0.1, 0.15) is 22.3 Å². The minimum atomic E-state index is -2.91. The van der Waals surface area contributed by atoms with E-state index in [1.165, 1.54) is 0 Å². The van der Waals surface area contributed by atoms with Gasteiger partial charge >= 0.3 is 0 Å². The molecule has 1 rings (SSSR count). The van der Waals surface area contributed by atoms with Gasteiger partial charge in [0.25, 0.3) is 5.92 Å². The van der Waals surface area contributed by atoms with Crippen molar-refractivity contribution < 1.29 is 8.78 Å². The molecule has 0 radical (unpaired) electrons. The number of nitrogens with two attached hydrogens (primary N) is 1. The van der Waals surface area contributed by atoms with Gasteiger partial charge in [0, 0.05) is 5.56 Å². The van der Waals surface area contributed by atoms with E-state index >= 15 is 0 Å². The number of hydrogen-bond acceptors (Lipinski definition) is 1. The first kappa shape index (κ1) is 11.1. The van der Waals surface area contributed by atoms with Gasteiger partial charge in [0.05, 0.1) is 6.54 Å². The Morgan fingerprint density at radius 3 is 1.93 bits per heavy atom. The van der Waals surface area contributed by atoms with Crippen LogP contribution < -0.4 is 5.73 Å². The number of alkyl halides is 2. The smallest absolute Gasteiger partial charge is 0.285 e. The van der Waals surface area contributed by atoms with E-state index < -0.39 is 12.5 Å². The molecular weight excluding hydrogens is 184 g/mol. The van der Waals surface area contributed by atoms with Crippen LogP contribution in [0.4, 0.5) is 8.78 Å². The topological polar surface area (TPSA) is 26.0 Å². The molecule has 2 N–H and O–H groups in total. The maximum Gasteiger partial charge on any atom is 0.285 e. The van der Waals surface area contributed by atoms with Crippen molar-refractivity contribution in [1.82, 2.24) is 0 Å². The summed E-state index contributed by atoms with van der Waals surface area (Å²) in [6, 6.07) is 3.51. The van der Waals surface area contributed by atoms with Crippen LogP contribution in [0.15, 0.2) is 12.1 Å². The molecule has 0 aromatic heterocycles. The monoisotopic (exact) mass is 199 g/mol. The van der Waals surface area contributed by atoms with Crippen LogP contribution in [0.5, 0.6) is 0 Å². The van der Waals surface area contributed by atoms with Crippen molar-refractivity contribution in [1.29, 1.82) is 0 Å². The number of aryl methyl sites for hydroxylation is 3. The van der Waals surface area contributed by atoms with E-state index in [-0.39, 0.29) is 5.56 Å². The van der Waals surface area contributed by atoms with Crippen LogP contribution in [0.25, 0.3) is 0 Å². The Kier molecular flexibility index (Phi) is 2.90. The fraction of sp³-hybridized carbons (Fsp3) is 0.455. The third-order valence-corrected chi connectivity index (χ3v) is 2.30. The number of halogens is 2. The van der Waals surface area contributed by atoms with Crippen molar-refractivity contribution in [3.8, 4) is 0 Å². The Bertz CT molecular complexity index is 322. The molecule has 0 atom stereocenters. The average Bonchev–Trinajstić information content (AvgIpc) is 2.01. The quantitative estimate of drug-likeness (QED) is 0.778. The lowest BCUT2D eigenvalue weighted by Gasteiger charge is -2.19. The van der Waals surface area contributed by atoms with Crippen LogP contribution in [-0.2, 0) is 5.92 Å². The molecule has 3 heteroatoms. The summed E-state index contributed by atoms with van der Waals surface area (Å²) in [6.07, 6.45) is 0. The van der Waals surface area contributed by atoms with Crippen molar-refractivity contribution in [3.05, 3.63) is 34.4 Å². The summed E-state index contributed by atoms with van der Waals surface area (Å²) in [7, 11) is 0. The third kappa shape index (κ3) is 1.93. The predicted octanol–water partition coefficient (Wildman–Crippen LogP) is 2.66. The fourth-order valence-corrected chi connectivity index (χ4v) is 1.86. The molecule has 0 fully saturated rings. The summed E-state index contributed by atoms with van der Waals surface area (Å²) >= 11 is 0. The molecular formula is C11H15F2N. The summed E-state index contributed by atoms with van der Waals surface area (Å²) in [4.78, 5) is 0. The van der Waals surface area contributed by atoms with E-state index in [1.807, 2.05) is 6.92 Å². The summed E-state index contributed by atoms with van der Waals surface area (Å²) in [5, 5.41) is 0. The van der Waals surface area contributed by atoms with E-state index in [0.29, 0.717) is 11.1 Å². The second kappa shape index (κ2) is 3.65. The van der Waals surface area contributed by atoms with Crippen LogP contribution in [0, 0.1) is 20.8 Å². The maximum atomic E-state index is 13.4. The zero-order valence-electron chi connectivity index (χ0n) is 8.70. The highest BCUT2D eigenvalue weighted by atomic mass is 19.3. The summed E-state index contributed by atoms with van der Waals surface area (Å²) in [6.45, 7) is 4.64. The molecule has 0 saturated carbocycles. The lowest BCUT2D eigenvalue weighted by molar-refractivity contribution is 0.00469. The molecule has 0 aliphatic rings. The number of rotatable bonds is 2. The second-order valence-electron chi connectivity index (χ2n) is 3.68. The predicted molar refractivity (Wildman–Crippen MR) is 53.6 cm³/mol. The van der Waals surface area contributed by atoms with Crippen molar-refractivity contribution in [2.45, 2.75) is 26.7 Å². The SMILES string of the molecule is Cc1cc(C)c(C(F)(F)CN)c(C)c1. The van der Waals surface area contributed by atoms with Gasteiger partial charge in [-0.3, -0.25) is 0 Å². The molecule has 0 unspecified atom stereocenters. The van der Waals surface area contributed by atoms with Crippen LogP contribution in [0.3, 0.4) is 0 Å². The molecule has 0 aliphatic heterocycles. The van der Waals surface area contributed by atoms with Crippen LogP contribution in [-0.4, -0.2) is 6.54 Å². The van der Waals surface area contributed by atoms with E-state index in [2.05, 4.69) is 0 Å². The Hall–Kier alpha value is -0.960. The zero-order valence-corrected chi connectivity index (χ0v) is 8.70. The third-order valence-electron chi connectivity index (χ3n) is 2.30. The van der Waals surface area contributed by atoms with E-state index in [9.17, 15) is 8.78 Å². The minimum absolute atomic E-state index is 0.0746. The average molecular weight is 199 g/mol. The minimum Gasteiger partial charge on any atom is -0.325 e. The first-order valence-electron chi connectivity index (χ1n) is 4.54. The summed E-state index contributed by atoms with van der Waals surface area (Å²) < 4.78 is 26.8. The molecule has 14 heavy (non-hydrogen) atoms. The van der Waals surface area contributed by atoms with E-state index in [1.54, 1.807) is 26.0 Å². The van der Waals surface area contributed by atoms with Gasteiger partial charge in [-0.15, -0.1) is 0 Å². The first-order chi connectivity index (χ1) is 6.38. The molecule has 1 aromatic carbocycles.